The van der Waals surface area contributed by atoms with E-state index in [1.807, 2.05) is 7.05 Å². The molecular weight excluding hydrogens is 250 g/mol. The average molecular weight is 281 g/mol. The fourth-order valence-corrected chi connectivity index (χ4v) is 3.68. The normalized spacial score (nSPS) is 31.9. The first-order chi connectivity index (χ1) is 9.46. The summed E-state index contributed by atoms with van der Waals surface area (Å²) in [6, 6.07) is 0.478. The predicted octanol–water partition coefficient (Wildman–Crippen LogP) is 2.40. The predicted molar refractivity (Wildman–Crippen MR) is 84.0 cm³/mol. The van der Waals surface area contributed by atoms with Crippen LogP contribution in [0.4, 0.5) is 0 Å². The van der Waals surface area contributed by atoms with Crippen molar-refractivity contribution in [1.29, 1.82) is 0 Å². The van der Waals surface area contributed by atoms with Crippen molar-refractivity contribution in [3.05, 3.63) is 0 Å². The Labute approximate surface area is 123 Å². The molecule has 0 amide bonds. The standard InChI is InChI=1S/C16H31N3O/c1-11(2)7-6-9-18-15(17-5)19-13-12-8-10-20-14(12)16(13,3)4/h11-14H,6-10H2,1-5H3,(H2,17,18,19). The number of guanidine groups is 1. The summed E-state index contributed by atoms with van der Waals surface area (Å²) in [5.74, 6) is 2.37. The minimum atomic E-state index is 0.205. The van der Waals surface area contributed by atoms with Crippen LogP contribution in [0.1, 0.15) is 47.0 Å². The molecule has 1 heterocycles. The first-order valence-corrected chi connectivity index (χ1v) is 8.05. The van der Waals surface area contributed by atoms with Crippen molar-refractivity contribution in [2.45, 2.75) is 59.1 Å². The summed E-state index contributed by atoms with van der Waals surface area (Å²) in [7, 11) is 1.85. The maximum atomic E-state index is 5.84. The van der Waals surface area contributed by atoms with Crippen molar-refractivity contribution >= 4 is 5.96 Å². The Morgan fingerprint density at radius 3 is 2.80 bits per heavy atom. The summed E-state index contributed by atoms with van der Waals surface area (Å²) in [4.78, 5) is 4.36. The van der Waals surface area contributed by atoms with Gasteiger partial charge in [-0.2, -0.15) is 0 Å². The quantitative estimate of drug-likeness (QED) is 0.462. The van der Waals surface area contributed by atoms with Gasteiger partial charge in [-0.3, -0.25) is 4.99 Å². The van der Waals surface area contributed by atoms with Crippen molar-refractivity contribution in [1.82, 2.24) is 10.6 Å². The van der Waals surface area contributed by atoms with Crippen LogP contribution in [-0.2, 0) is 4.74 Å². The van der Waals surface area contributed by atoms with Crippen molar-refractivity contribution in [3.8, 4) is 0 Å². The van der Waals surface area contributed by atoms with Crippen LogP contribution in [0.2, 0.25) is 0 Å². The van der Waals surface area contributed by atoms with Gasteiger partial charge in [0.25, 0.3) is 0 Å². The molecule has 3 unspecified atom stereocenters. The van der Waals surface area contributed by atoms with Crippen molar-refractivity contribution < 1.29 is 4.74 Å². The minimum absolute atomic E-state index is 0.205. The zero-order valence-electron chi connectivity index (χ0n) is 13.7. The second kappa shape index (κ2) is 6.33. The number of rotatable bonds is 5. The maximum absolute atomic E-state index is 5.84. The molecule has 2 fully saturated rings. The van der Waals surface area contributed by atoms with E-state index in [4.69, 9.17) is 4.74 Å². The smallest absolute Gasteiger partial charge is 0.191 e. The second-order valence-corrected chi connectivity index (χ2v) is 7.22. The van der Waals surface area contributed by atoms with Gasteiger partial charge in [-0.15, -0.1) is 0 Å². The average Bonchev–Trinajstić information content (AvgIpc) is 2.84. The number of hydrogen-bond acceptors (Lipinski definition) is 2. The van der Waals surface area contributed by atoms with E-state index in [-0.39, 0.29) is 5.41 Å². The van der Waals surface area contributed by atoms with Gasteiger partial charge in [-0.25, -0.2) is 0 Å². The molecule has 4 nitrogen and oxygen atoms in total. The Morgan fingerprint density at radius 2 is 2.15 bits per heavy atom. The van der Waals surface area contributed by atoms with Gasteiger partial charge in [0.15, 0.2) is 5.96 Å². The van der Waals surface area contributed by atoms with Crippen LogP contribution in [0.3, 0.4) is 0 Å². The summed E-state index contributed by atoms with van der Waals surface area (Å²) in [6.07, 6.45) is 4.06. The highest BCUT2D eigenvalue weighted by Gasteiger charge is 2.59. The van der Waals surface area contributed by atoms with Crippen molar-refractivity contribution in [3.63, 3.8) is 0 Å². The Balaban J connectivity index is 1.79. The first-order valence-electron chi connectivity index (χ1n) is 8.05. The molecule has 3 atom stereocenters. The van der Waals surface area contributed by atoms with Gasteiger partial charge in [-0.05, 0) is 25.2 Å². The molecule has 0 aromatic rings. The fraction of sp³-hybridized carbons (Fsp3) is 0.938. The van der Waals surface area contributed by atoms with Gasteiger partial charge in [0, 0.05) is 37.6 Å². The molecular formula is C16H31N3O. The molecule has 0 bridgehead atoms. The lowest BCUT2D eigenvalue weighted by atomic mass is 9.57. The third-order valence-electron chi connectivity index (χ3n) is 4.87. The minimum Gasteiger partial charge on any atom is -0.377 e. The van der Waals surface area contributed by atoms with Crippen LogP contribution in [0, 0.1) is 17.3 Å². The summed E-state index contributed by atoms with van der Waals surface area (Å²) in [5.41, 5.74) is 0.205. The second-order valence-electron chi connectivity index (χ2n) is 7.22. The summed E-state index contributed by atoms with van der Waals surface area (Å²) in [6.45, 7) is 11.0. The molecule has 0 aromatic heterocycles. The lowest BCUT2D eigenvalue weighted by Gasteiger charge is -2.54. The highest BCUT2D eigenvalue weighted by molar-refractivity contribution is 5.80. The van der Waals surface area contributed by atoms with Gasteiger partial charge >= 0.3 is 0 Å². The maximum Gasteiger partial charge on any atom is 0.191 e. The summed E-state index contributed by atoms with van der Waals surface area (Å²) < 4.78 is 5.84. The zero-order valence-corrected chi connectivity index (χ0v) is 13.7. The van der Waals surface area contributed by atoms with Gasteiger partial charge in [0.2, 0.25) is 0 Å². The van der Waals surface area contributed by atoms with Gasteiger partial charge < -0.3 is 15.4 Å². The molecule has 0 radical (unpaired) electrons. The summed E-state index contributed by atoms with van der Waals surface area (Å²) in [5, 5.41) is 7.05. The number of nitrogens with one attached hydrogen (secondary N) is 2. The molecule has 2 rings (SSSR count). The van der Waals surface area contributed by atoms with E-state index in [1.54, 1.807) is 0 Å². The molecule has 1 saturated heterocycles. The Kier molecular flexibility index (Phi) is 4.95. The Hall–Kier alpha value is -0.770. The highest BCUT2D eigenvalue weighted by Crippen LogP contribution is 2.51. The van der Waals surface area contributed by atoms with Crippen LogP contribution in [-0.4, -0.2) is 38.3 Å². The van der Waals surface area contributed by atoms with Gasteiger partial charge in [0.1, 0.15) is 0 Å². The van der Waals surface area contributed by atoms with Crippen LogP contribution < -0.4 is 10.6 Å². The number of nitrogens with zero attached hydrogens (tertiary/aromatic N) is 1. The molecule has 0 spiro atoms. The third kappa shape index (κ3) is 3.11. The zero-order chi connectivity index (χ0) is 14.8. The Morgan fingerprint density at radius 1 is 1.40 bits per heavy atom. The molecule has 1 aliphatic heterocycles. The monoisotopic (exact) mass is 281 g/mol. The molecule has 2 aliphatic rings. The highest BCUT2D eigenvalue weighted by atomic mass is 16.5. The van der Waals surface area contributed by atoms with E-state index in [0.717, 1.165) is 25.0 Å². The molecule has 1 aliphatic carbocycles. The van der Waals surface area contributed by atoms with Gasteiger partial charge in [-0.1, -0.05) is 27.7 Å². The SMILES string of the molecule is CN=C(NCCCC(C)C)NC1C2CCOC2C1(C)C. The lowest BCUT2D eigenvalue weighted by molar-refractivity contribution is -0.106. The molecule has 116 valence electrons. The van der Waals surface area contributed by atoms with Crippen LogP contribution in [0.15, 0.2) is 4.99 Å². The molecule has 1 saturated carbocycles. The van der Waals surface area contributed by atoms with Crippen molar-refractivity contribution in [2.24, 2.45) is 22.2 Å². The van der Waals surface area contributed by atoms with E-state index in [2.05, 4.69) is 43.3 Å². The largest absolute Gasteiger partial charge is 0.377 e. The molecule has 2 N–H and O–H groups in total. The number of fused-ring (bicyclic) bond motifs is 1. The summed E-state index contributed by atoms with van der Waals surface area (Å²) >= 11 is 0. The number of ether oxygens (including phenoxy) is 1. The molecule has 0 aromatic carbocycles. The van der Waals surface area contributed by atoms with E-state index < -0.39 is 0 Å². The lowest BCUT2D eigenvalue weighted by Crippen LogP contribution is -2.67. The van der Waals surface area contributed by atoms with E-state index in [9.17, 15) is 0 Å². The number of hydrogen-bond donors (Lipinski definition) is 2. The topological polar surface area (TPSA) is 45.7 Å². The fourth-order valence-electron chi connectivity index (χ4n) is 3.68. The number of aliphatic imine (C=N–C) groups is 1. The Bertz CT molecular complexity index is 352. The van der Waals surface area contributed by atoms with Gasteiger partial charge in [0.05, 0.1) is 6.10 Å². The molecule has 4 heteroatoms. The van der Waals surface area contributed by atoms with Crippen LogP contribution >= 0.6 is 0 Å². The first kappa shape index (κ1) is 15.6. The van der Waals surface area contributed by atoms with Crippen LogP contribution in [0.5, 0.6) is 0 Å². The molecule has 20 heavy (non-hydrogen) atoms. The van der Waals surface area contributed by atoms with E-state index >= 15 is 0 Å². The van der Waals surface area contributed by atoms with Crippen molar-refractivity contribution in [2.75, 3.05) is 20.2 Å². The van der Waals surface area contributed by atoms with E-state index in [1.165, 1.54) is 19.3 Å². The van der Waals surface area contributed by atoms with Crippen LogP contribution in [0.25, 0.3) is 0 Å². The van der Waals surface area contributed by atoms with E-state index in [0.29, 0.717) is 18.1 Å². The third-order valence-corrected chi connectivity index (χ3v) is 4.87.